The summed E-state index contributed by atoms with van der Waals surface area (Å²) in [4.78, 5) is 12.2. The standard InChI is InChI=1S/C17H20ClNO2/c1-10(2)12-5-6-15(14(9-12)11(3)4)19-17(20)13-7-8-21-16(13)18/h5-11H,1-4H3,(H,19,20). The topological polar surface area (TPSA) is 42.2 Å². The largest absolute Gasteiger partial charge is 0.452 e. The van der Waals surface area contributed by atoms with E-state index in [9.17, 15) is 4.79 Å². The molecule has 0 aliphatic rings. The Labute approximate surface area is 130 Å². The Kier molecular flexibility index (Phi) is 4.73. The number of rotatable bonds is 4. The maximum Gasteiger partial charge on any atom is 0.260 e. The maximum atomic E-state index is 12.2. The van der Waals surface area contributed by atoms with Crippen molar-refractivity contribution in [2.45, 2.75) is 39.5 Å². The van der Waals surface area contributed by atoms with Gasteiger partial charge >= 0.3 is 0 Å². The summed E-state index contributed by atoms with van der Waals surface area (Å²) in [7, 11) is 0. The minimum Gasteiger partial charge on any atom is -0.452 e. The van der Waals surface area contributed by atoms with Crippen molar-refractivity contribution in [3.05, 3.63) is 52.4 Å². The molecular formula is C17H20ClNO2. The van der Waals surface area contributed by atoms with E-state index in [0.717, 1.165) is 11.3 Å². The molecule has 3 nitrogen and oxygen atoms in total. The normalized spacial score (nSPS) is 11.2. The van der Waals surface area contributed by atoms with Crippen LogP contribution < -0.4 is 5.32 Å². The number of anilines is 1. The highest BCUT2D eigenvalue weighted by Crippen LogP contribution is 2.29. The second-order valence-electron chi connectivity index (χ2n) is 5.72. The van der Waals surface area contributed by atoms with E-state index in [-0.39, 0.29) is 11.1 Å². The van der Waals surface area contributed by atoms with Crippen LogP contribution in [0, 0.1) is 0 Å². The van der Waals surface area contributed by atoms with Gasteiger partial charge < -0.3 is 9.73 Å². The Morgan fingerprint density at radius 3 is 2.38 bits per heavy atom. The zero-order valence-corrected chi connectivity index (χ0v) is 13.5. The highest BCUT2D eigenvalue weighted by molar-refractivity contribution is 6.32. The van der Waals surface area contributed by atoms with E-state index >= 15 is 0 Å². The molecule has 0 unspecified atom stereocenters. The van der Waals surface area contributed by atoms with Gasteiger partial charge in [-0.3, -0.25) is 4.79 Å². The molecule has 0 spiro atoms. The molecule has 0 radical (unpaired) electrons. The lowest BCUT2D eigenvalue weighted by Gasteiger charge is -2.16. The van der Waals surface area contributed by atoms with Gasteiger partial charge in [-0.2, -0.15) is 0 Å². The monoisotopic (exact) mass is 305 g/mol. The zero-order chi connectivity index (χ0) is 15.6. The first-order valence-electron chi connectivity index (χ1n) is 7.08. The maximum absolute atomic E-state index is 12.2. The number of carbonyl (C=O) groups is 1. The van der Waals surface area contributed by atoms with Crippen LogP contribution in [0.15, 0.2) is 34.9 Å². The predicted molar refractivity (Wildman–Crippen MR) is 86.3 cm³/mol. The van der Waals surface area contributed by atoms with Crippen LogP contribution >= 0.6 is 11.6 Å². The van der Waals surface area contributed by atoms with E-state index in [4.69, 9.17) is 16.0 Å². The van der Waals surface area contributed by atoms with Crippen molar-refractivity contribution in [1.82, 2.24) is 0 Å². The van der Waals surface area contributed by atoms with Gasteiger partial charge in [0.1, 0.15) is 0 Å². The van der Waals surface area contributed by atoms with Crippen LogP contribution in [0.4, 0.5) is 5.69 Å². The molecule has 2 rings (SSSR count). The van der Waals surface area contributed by atoms with Crippen molar-refractivity contribution >= 4 is 23.2 Å². The molecule has 0 aliphatic heterocycles. The summed E-state index contributed by atoms with van der Waals surface area (Å²) in [6, 6.07) is 7.72. The smallest absolute Gasteiger partial charge is 0.260 e. The van der Waals surface area contributed by atoms with Crippen LogP contribution in [-0.2, 0) is 0 Å². The first-order valence-corrected chi connectivity index (χ1v) is 7.46. The number of nitrogens with one attached hydrogen (secondary N) is 1. The molecule has 4 heteroatoms. The molecule has 0 aliphatic carbocycles. The number of halogens is 1. The van der Waals surface area contributed by atoms with Crippen LogP contribution in [0.25, 0.3) is 0 Å². The van der Waals surface area contributed by atoms with Crippen molar-refractivity contribution in [3.8, 4) is 0 Å². The average Bonchev–Trinajstić information content (AvgIpc) is 2.85. The van der Waals surface area contributed by atoms with E-state index in [2.05, 4.69) is 39.1 Å². The molecule has 0 fully saturated rings. The van der Waals surface area contributed by atoms with Gasteiger partial charge in [0.05, 0.1) is 11.8 Å². The van der Waals surface area contributed by atoms with Gasteiger partial charge in [-0.1, -0.05) is 39.8 Å². The lowest BCUT2D eigenvalue weighted by molar-refractivity contribution is 0.102. The van der Waals surface area contributed by atoms with Crippen LogP contribution in [0.2, 0.25) is 5.22 Å². The number of amides is 1. The fraction of sp³-hybridized carbons (Fsp3) is 0.353. The summed E-state index contributed by atoms with van der Waals surface area (Å²) in [5.41, 5.74) is 3.54. The van der Waals surface area contributed by atoms with Gasteiger partial charge in [0.15, 0.2) is 0 Å². The molecule has 0 saturated carbocycles. The van der Waals surface area contributed by atoms with E-state index in [1.807, 2.05) is 12.1 Å². The van der Waals surface area contributed by atoms with Gasteiger partial charge in [-0.25, -0.2) is 0 Å². The third-order valence-corrected chi connectivity index (χ3v) is 3.77. The van der Waals surface area contributed by atoms with Crippen LogP contribution in [0.5, 0.6) is 0 Å². The van der Waals surface area contributed by atoms with Crippen LogP contribution in [0.1, 0.15) is 61.0 Å². The van der Waals surface area contributed by atoms with E-state index in [0.29, 0.717) is 17.4 Å². The van der Waals surface area contributed by atoms with Crippen molar-refractivity contribution in [2.24, 2.45) is 0 Å². The number of carbonyl (C=O) groups excluding carboxylic acids is 1. The molecular weight excluding hydrogens is 286 g/mol. The Hall–Kier alpha value is -1.74. The summed E-state index contributed by atoms with van der Waals surface area (Å²) >= 11 is 5.84. The fourth-order valence-corrected chi connectivity index (χ4v) is 2.38. The minimum atomic E-state index is -0.257. The van der Waals surface area contributed by atoms with Crippen molar-refractivity contribution in [3.63, 3.8) is 0 Å². The van der Waals surface area contributed by atoms with Gasteiger partial charge in [-0.05, 0) is 46.7 Å². The number of benzene rings is 1. The summed E-state index contributed by atoms with van der Waals surface area (Å²) in [6.45, 7) is 8.53. The molecule has 1 N–H and O–H groups in total. The van der Waals surface area contributed by atoms with Gasteiger partial charge in [0, 0.05) is 5.69 Å². The molecule has 1 aromatic heterocycles. The third-order valence-electron chi connectivity index (χ3n) is 3.48. The second kappa shape index (κ2) is 6.35. The Bertz CT molecular complexity index is 644. The van der Waals surface area contributed by atoms with Gasteiger partial charge in [-0.15, -0.1) is 0 Å². The third kappa shape index (κ3) is 3.48. The predicted octanol–water partition coefficient (Wildman–Crippen LogP) is 5.43. The second-order valence-corrected chi connectivity index (χ2v) is 6.06. The SMILES string of the molecule is CC(C)c1ccc(NC(=O)c2ccoc2Cl)c(C(C)C)c1. The lowest BCUT2D eigenvalue weighted by Crippen LogP contribution is -2.13. The van der Waals surface area contributed by atoms with Crippen molar-refractivity contribution in [1.29, 1.82) is 0 Å². The summed E-state index contributed by atoms with van der Waals surface area (Å²) < 4.78 is 4.96. The number of furan rings is 1. The first kappa shape index (κ1) is 15.6. The van der Waals surface area contributed by atoms with E-state index in [1.54, 1.807) is 6.07 Å². The van der Waals surface area contributed by atoms with Gasteiger partial charge in [0.25, 0.3) is 5.91 Å². The van der Waals surface area contributed by atoms with Crippen LogP contribution in [0.3, 0.4) is 0 Å². The fourth-order valence-electron chi connectivity index (χ4n) is 2.18. The molecule has 2 aromatic rings. The Morgan fingerprint density at radius 2 is 1.86 bits per heavy atom. The van der Waals surface area contributed by atoms with E-state index < -0.39 is 0 Å². The van der Waals surface area contributed by atoms with E-state index in [1.165, 1.54) is 11.8 Å². The Balaban J connectivity index is 2.31. The Morgan fingerprint density at radius 1 is 1.14 bits per heavy atom. The number of hydrogen-bond donors (Lipinski definition) is 1. The molecule has 21 heavy (non-hydrogen) atoms. The number of hydrogen-bond acceptors (Lipinski definition) is 2. The molecule has 0 saturated heterocycles. The lowest BCUT2D eigenvalue weighted by atomic mass is 9.94. The highest BCUT2D eigenvalue weighted by atomic mass is 35.5. The first-order chi connectivity index (χ1) is 9.90. The van der Waals surface area contributed by atoms with Crippen molar-refractivity contribution < 1.29 is 9.21 Å². The molecule has 1 aromatic carbocycles. The zero-order valence-electron chi connectivity index (χ0n) is 12.7. The average molecular weight is 306 g/mol. The van der Waals surface area contributed by atoms with Crippen LogP contribution in [-0.4, -0.2) is 5.91 Å². The molecule has 0 atom stereocenters. The summed E-state index contributed by atoms with van der Waals surface area (Å²) in [5.74, 6) is 0.516. The van der Waals surface area contributed by atoms with Gasteiger partial charge in [0.2, 0.25) is 5.22 Å². The molecule has 112 valence electrons. The quantitative estimate of drug-likeness (QED) is 0.818. The highest BCUT2D eigenvalue weighted by Gasteiger charge is 2.16. The summed E-state index contributed by atoms with van der Waals surface area (Å²) in [5, 5.41) is 3.03. The molecule has 0 bridgehead atoms. The molecule has 1 heterocycles. The molecule has 1 amide bonds. The summed E-state index contributed by atoms with van der Waals surface area (Å²) in [6.07, 6.45) is 1.41. The minimum absolute atomic E-state index is 0.109. The van der Waals surface area contributed by atoms with Crippen molar-refractivity contribution in [2.75, 3.05) is 5.32 Å².